The lowest BCUT2D eigenvalue weighted by Gasteiger charge is -2.02. The van der Waals surface area contributed by atoms with Gasteiger partial charge in [0.15, 0.2) is 0 Å². The van der Waals surface area contributed by atoms with Gasteiger partial charge in [-0.2, -0.15) is 0 Å². The van der Waals surface area contributed by atoms with Gasteiger partial charge in [0, 0.05) is 12.6 Å². The Bertz CT molecular complexity index is 550. The highest BCUT2D eigenvalue weighted by Gasteiger charge is 2.05. The minimum atomic E-state index is -0.353. The van der Waals surface area contributed by atoms with Crippen molar-refractivity contribution in [3.63, 3.8) is 0 Å². The average Bonchev–Trinajstić information content (AvgIpc) is 2.93. The molecule has 1 N–H and O–H groups in total. The van der Waals surface area contributed by atoms with Crippen LogP contribution in [-0.4, -0.2) is 34.6 Å². The molecule has 19 heavy (non-hydrogen) atoms. The van der Waals surface area contributed by atoms with Crippen molar-refractivity contribution in [2.75, 3.05) is 13.7 Å². The minimum absolute atomic E-state index is 0.131. The summed E-state index contributed by atoms with van der Waals surface area (Å²) in [5.74, 6) is -0.131. The molecule has 0 saturated carbocycles. The highest BCUT2D eigenvalue weighted by molar-refractivity contribution is 5.94. The molecule has 0 aliphatic heterocycles. The SMILES string of the molecule is CNC(=O)c1ccc(-n2cc(CCCF)nn2)cc1. The van der Waals surface area contributed by atoms with Crippen molar-refractivity contribution in [2.45, 2.75) is 12.8 Å². The Balaban J connectivity index is 2.13. The van der Waals surface area contributed by atoms with Crippen molar-refractivity contribution < 1.29 is 9.18 Å². The average molecular weight is 262 g/mol. The summed E-state index contributed by atoms with van der Waals surface area (Å²) in [6.07, 6.45) is 2.80. The third-order valence-corrected chi connectivity index (χ3v) is 2.73. The van der Waals surface area contributed by atoms with Gasteiger partial charge in [-0.15, -0.1) is 5.10 Å². The summed E-state index contributed by atoms with van der Waals surface area (Å²) in [4.78, 5) is 11.4. The standard InChI is InChI=1S/C13H15FN4O/c1-15-13(19)10-4-6-12(7-5-10)18-9-11(16-17-18)3-2-8-14/h4-7,9H,2-3,8H2,1H3,(H,15,19). The Kier molecular flexibility index (Phi) is 4.22. The lowest BCUT2D eigenvalue weighted by molar-refractivity contribution is 0.0963. The topological polar surface area (TPSA) is 59.8 Å². The lowest BCUT2D eigenvalue weighted by atomic mass is 10.2. The molecule has 1 heterocycles. The number of rotatable bonds is 5. The van der Waals surface area contributed by atoms with Crippen LogP contribution in [0.1, 0.15) is 22.5 Å². The first-order chi connectivity index (χ1) is 9.24. The van der Waals surface area contributed by atoms with Crippen molar-refractivity contribution in [2.24, 2.45) is 0 Å². The Morgan fingerprint density at radius 1 is 1.37 bits per heavy atom. The van der Waals surface area contributed by atoms with E-state index in [1.165, 1.54) is 0 Å². The number of nitrogens with zero attached hydrogens (tertiary/aromatic N) is 3. The zero-order valence-electron chi connectivity index (χ0n) is 10.6. The maximum Gasteiger partial charge on any atom is 0.251 e. The monoisotopic (exact) mass is 262 g/mol. The molecule has 0 saturated heterocycles. The van der Waals surface area contributed by atoms with Gasteiger partial charge in [0.1, 0.15) is 0 Å². The molecule has 2 aromatic rings. The third kappa shape index (κ3) is 3.15. The second kappa shape index (κ2) is 6.08. The summed E-state index contributed by atoms with van der Waals surface area (Å²) in [7, 11) is 1.59. The molecule has 0 aliphatic carbocycles. The molecule has 0 spiro atoms. The Morgan fingerprint density at radius 3 is 2.74 bits per heavy atom. The van der Waals surface area contributed by atoms with Gasteiger partial charge in [-0.1, -0.05) is 5.21 Å². The summed E-state index contributed by atoms with van der Waals surface area (Å²) in [5, 5.41) is 10.5. The van der Waals surface area contributed by atoms with E-state index >= 15 is 0 Å². The molecular weight excluding hydrogens is 247 g/mol. The molecule has 6 heteroatoms. The molecule has 1 aromatic heterocycles. The first-order valence-corrected chi connectivity index (χ1v) is 6.04. The number of amides is 1. The van der Waals surface area contributed by atoms with Gasteiger partial charge in [-0.25, -0.2) is 4.68 Å². The molecule has 1 amide bonds. The number of aromatic nitrogens is 3. The van der Waals surface area contributed by atoms with E-state index in [4.69, 9.17) is 0 Å². The van der Waals surface area contributed by atoms with Crippen LogP contribution in [-0.2, 0) is 6.42 Å². The molecule has 0 bridgehead atoms. The summed E-state index contributed by atoms with van der Waals surface area (Å²) in [5.41, 5.74) is 2.16. The summed E-state index contributed by atoms with van der Waals surface area (Å²) < 4.78 is 13.7. The number of aryl methyl sites for hydroxylation is 1. The normalized spacial score (nSPS) is 10.4. The number of carbonyl (C=O) groups excluding carboxylic acids is 1. The first kappa shape index (κ1) is 13.2. The maximum absolute atomic E-state index is 12.1. The number of nitrogens with one attached hydrogen (secondary N) is 1. The quantitative estimate of drug-likeness (QED) is 0.889. The number of carbonyl (C=O) groups is 1. The van der Waals surface area contributed by atoms with Crippen molar-refractivity contribution >= 4 is 5.91 Å². The van der Waals surface area contributed by atoms with Crippen LogP contribution in [0.25, 0.3) is 5.69 Å². The Morgan fingerprint density at radius 2 is 2.11 bits per heavy atom. The molecule has 0 atom stereocenters. The number of alkyl halides is 1. The van der Waals surface area contributed by atoms with Crippen LogP contribution < -0.4 is 5.32 Å². The van der Waals surface area contributed by atoms with Crippen molar-refractivity contribution in [3.05, 3.63) is 41.7 Å². The van der Waals surface area contributed by atoms with Crippen LogP contribution in [0.15, 0.2) is 30.5 Å². The smallest absolute Gasteiger partial charge is 0.251 e. The molecular formula is C13H15FN4O. The highest BCUT2D eigenvalue weighted by Crippen LogP contribution is 2.10. The fourth-order valence-electron chi connectivity index (χ4n) is 1.70. The Hall–Kier alpha value is -2.24. The molecule has 1 aromatic carbocycles. The lowest BCUT2D eigenvalue weighted by Crippen LogP contribution is -2.17. The largest absolute Gasteiger partial charge is 0.355 e. The van der Waals surface area contributed by atoms with Gasteiger partial charge in [-0.3, -0.25) is 9.18 Å². The molecule has 2 rings (SSSR count). The maximum atomic E-state index is 12.1. The first-order valence-electron chi connectivity index (χ1n) is 6.04. The van der Waals surface area contributed by atoms with E-state index in [0.29, 0.717) is 18.4 Å². The predicted octanol–water partition coefficient (Wildman–Crippen LogP) is 1.53. The van der Waals surface area contributed by atoms with E-state index in [-0.39, 0.29) is 12.6 Å². The highest BCUT2D eigenvalue weighted by atomic mass is 19.1. The van der Waals surface area contributed by atoms with E-state index in [9.17, 15) is 9.18 Å². The van der Waals surface area contributed by atoms with Crippen LogP contribution in [0.5, 0.6) is 0 Å². The van der Waals surface area contributed by atoms with Crippen LogP contribution in [0, 0.1) is 0 Å². The van der Waals surface area contributed by atoms with E-state index in [0.717, 1.165) is 11.4 Å². The summed E-state index contributed by atoms with van der Waals surface area (Å²) in [6, 6.07) is 7.02. The van der Waals surface area contributed by atoms with Crippen LogP contribution in [0.4, 0.5) is 4.39 Å². The zero-order chi connectivity index (χ0) is 13.7. The summed E-state index contributed by atoms with van der Waals surface area (Å²) in [6.45, 7) is -0.353. The van der Waals surface area contributed by atoms with Gasteiger partial charge in [0.2, 0.25) is 0 Å². The zero-order valence-corrected chi connectivity index (χ0v) is 10.6. The van der Waals surface area contributed by atoms with Gasteiger partial charge >= 0.3 is 0 Å². The molecule has 0 radical (unpaired) electrons. The Labute approximate surface area is 110 Å². The molecule has 5 nitrogen and oxygen atoms in total. The number of halogens is 1. The summed E-state index contributed by atoms with van der Waals surface area (Å²) >= 11 is 0. The van der Waals surface area contributed by atoms with Crippen LogP contribution >= 0.6 is 0 Å². The fourth-order valence-corrected chi connectivity index (χ4v) is 1.70. The molecule has 0 fully saturated rings. The van der Waals surface area contributed by atoms with Crippen LogP contribution in [0.2, 0.25) is 0 Å². The molecule has 0 aliphatic rings. The van der Waals surface area contributed by atoms with Gasteiger partial charge < -0.3 is 5.32 Å². The van der Waals surface area contributed by atoms with E-state index in [1.807, 2.05) is 0 Å². The van der Waals surface area contributed by atoms with Gasteiger partial charge in [-0.05, 0) is 37.1 Å². The van der Waals surface area contributed by atoms with E-state index in [1.54, 1.807) is 42.2 Å². The van der Waals surface area contributed by atoms with Crippen molar-refractivity contribution in [1.82, 2.24) is 20.3 Å². The third-order valence-electron chi connectivity index (χ3n) is 2.73. The predicted molar refractivity (Wildman–Crippen MR) is 69.0 cm³/mol. The molecule has 0 unspecified atom stereocenters. The number of benzene rings is 1. The van der Waals surface area contributed by atoms with Crippen molar-refractivity contribution in [1.29, 1.82) is 0 Å². The van der Waals surface area contributed by atoms with E-state index < -0.39 is 0 Å². The van der Waals surface area contributed by atoms with Gasteiger partial charge in [0.25, 0.3) is 5.91 Å². The van der Waals surface area contributed by atoms with E-state index in [2.05, 4.69) is 15.6 Å². The second-order valence-corrected chi connectivity index (χ2v) is 4.07. The second-order valence-electron chi connectivity index (χ2n) is 4.07. The minimum Gasteiger partial charge on any atom is -0.355 e. The number of hydrogen-bond acceptors (Lipinski definition) is 3. The van der Waals surface area contributed by atoms with Gasteiger partial charge in [0.05, 0.1) is 24.3 Å². The van der Waals surface area contributed by atoms with Crippen LogP contribution in [0.3, 0.4) is 0 Å². The molecule has 100 valence electrons. The van der Waals surface area contributed by atoms with Crippen molar-refractivity contribution in [3.8, 4) is 5.69 Å². The number of hydrogen-bond donors (Lipinski definition) is 1. The fraction of sp³-hybridized carbons (Fsp3) is 0.308.